The number of amides is 3. The zero-order valence-corrected chi connectivity index (χ0v) is 21.3. The van der Waals surface area contributed by atoms with Crippen LogP contribution in [0.15, 0.2) is 53.0 Å². The molecule has 3 aliphatic rings. The second-order valence-corrected chi connectivity index (χ2v) is 10.7. The SMILES string of the molecule is CN1C(=O)c2ccccc2C1C(CCN1CCC(N2CCCNC2=O)CC1)c1ccc(Br)cc1. The highest BCUT2D eigenvalue weighted by molar-refractivity contribution is 9.10. The molecule has 1 N–H and O–H groups in total. The predicted molar refractivity (Wildman–Crippen MR) is 137 cm³/mol. The maximum atomic E-state index is 13.0. The first-order valence-electron chi connectivity index (χ1n) is 12.4. The minimum Gasteiger partial charge on any atom is -0.338 e. The first kappa shape index (κ1) is 23.4. The van der Waals surface area contributed by atoms with Gasteiger partial charge in [0.1, 0.15) is 0 Å². The van der Waals surface area contributed by atoms with Gasteiger partial charge in [0.2, 0.25) is 0 Å². The highest BCUT2D eigenvalue weighted by atomic mass is 79.9. The number of benzene rings is 2. The van der Waals surface area contributed by atoms with Crippen molar-refractivity contribution >= 4 is 27.9 Å². The van der Waals surface area contributed by atoms with Gasteiger partial charge in [-0.15, -0.1) is 0 Å². The van der Waals surface area contributed by atoms with Crippen LogP contribution in [0.1, 0.15) is 59.1 Å². The second kappa shape index (κ2) is 10.1. The Kier molecular flexibility index (Phi) is 6.93. The smallest absolute Gasteiger partial charge is 0.317 e. The Bertz CT molecular complexity index is 1040. The van der Waals surface area contributed by atoms with Gasteiger partial charge in [-0.1, -0.05) is 46.3 Å². The summed E-state index contributed by atoms with van der Waals surface area (Å²) in [6.45, 7) is 4.69. The van der Waals surface area contributed by atoms with Gasteiger partial charge in [0.15, 0.2) is 0 Å². The molecule has 0 saturated carbocycles. The molecule has 2 aromatic rings. The number of nitrogens with one attached hydrogen (secondary N) is 1. The topological polar surface area (TPSA) is 55.9 Å². The van der Waals surface area contributed by atoms with Gasteiger partial charge in [0.05, 0.1) is 6.04 Å². The van der Waals surface area contributed by atoms with Crippen LogP contribution in [0.5, 0.6) is 0 Å². The van der Waals surface area contributed by atoms with E-state index in [0.717, 1.165) is 74.0 Å². The Morgan fingerprint density at radius 2 is 1.76 bits per heavy atom. The van der Waals surface area contributed by atoms with E-state index >= 15 is 0 Å². The summed E-state index contributed by atoms with van der Waals surface area (Å²) in [5.41, 5.74) is 3.24. The fourth-order valence-corrected chi connectivity index (χ4v) is 6.21. The molecule has 0 aromatic heterocycles. The van der Waals surface area contributed by atoms with E-state index < -0.39 is 0 Å². The molecule has 7 heteroatoms. The fraction of sp³-hybridized carbons (Fsp3) is 0.481. The minimum atomic E-state index is 0.0412. The Hall–Kier alpha value is -2.38. The number of carbonyl (C=O) groups is 2. The van der Waals surface area contributed by atoms with Crippen LogP contribution in [0.4, 0.5) is 4.79 Å². The van der Waals surface area contributed by atoms with Crippen molar-refractivity contribution < 1.29 is 9.59 Å². The number of nitrogens with zero attached hydrogens (tertiary/aromatic N) is 3. The lowest BCUT2D eigenvalue weighted by Gasteiger charge is -2.40. The first-order chi connectivity index (χ1) is 16.5. The lowest BCUT2D eigenvalue weighted by Crippen LogP contribution is -2.54. The highest BCUT2D eigenvalue weighted by Crippen LogP contribution is 2.44. The van der Waals surface area contributed by atoms with E-state index in [-0.39, 0.29) is 23.9 Å². The summed E-state index contributed by atoms with van der Waals surface area (Å²) in [7, 11) is 1.94. The third-order valence-electron chi connectivity index (χ3n) is 7.79. The number of piperidine rings is 1. The minimum absolute atomic E-state index is 0.0412. The van der Waals surface area contributed by atoms with E-state index in [9.17, 15) is 9.59 Å². The van der Waals surface area contributed by atoms with Crippen molar-refractivity contribution in [3.05, 3.63) is 69.7 Å². The normalized spacial score (nSPS) is 22.6. The average molecular weight is 525 g/mol. The zero-order valence-electron chi connectivity index (χ0n) is 19.8. The molecule has 0 bridgehead atoms. The third kappa shape index (κ3) is 4.60. The molecule has 3 amide bonds. The van der Waals surface area contributed by atoms with Gasteiger partial charge in [-0.05, 0) is 61.6 Å². The maximum Gasteiger partial charge on any atom is 0.317 e. The number of rotatable bonds is 6. The Labute approximate surface area is 210 Å². The monoisotopic (exact) mass is 524 g/mol. The predicted octanol–water partition coefficient (Wildman–Crippen LogP) is 4.63. The number of hydrogen-bond acceptors (Lipinski definition) is 3. The summed E-state index contributed by atoms with van der Waals surface area (Å²) in [6.07, 6.45) is 4.07. The summed E-state index contributed by atoms with van der Waals surface area (Å²) < 4.78 is 1.06. The first-order valence-corrected chi connectivity index (χ1v) is 13.2. The van der Waals surface area contributed by atoms with Crippen molar-refractivity contribution in [2.24, 2.45) is 0 Å². The van der Waals surface area contributed by atoms with Crippen molar-refractivity contribution in [1.29, 1.82) is 0 Å². The van der Waals surface area contributed by atoms with Gasteiger partial charge in [-0.2, -0.15) is 0 Å². The Morgan fingerprint density at radius 3 is 2.50 bits per heavy atom. The highest BCUT2D eigenvalue weighted by Gasteiger charge is 2.39. The molecule has 2 aromatic carbocycles. The molecule has 0 aliphatic carbocycles. The third-order valence-corrected chi connectivity index (χ3v) is 8.32. The van der Waals surface area contributed by atoms with Crippen LogP contribution in [0.3, 0.4) is 0 Å². The molecule has 3 heterocycles. The van der Waals surface area contributed by atoms with E-state index in [1.165, 1.54) is 5.56 Å². The van der Waals surface area contributed by atoms with Crippen LogP contribution < -0.4 is 5.32 Å². The summed E-state index contributed by atoms with van der Waals surface area (Å²) in [5, 5.41) is 2.99. The van der Waals surface area contributed by atoms with Crippen molar-refractivity contribution in [2.45, 2.75) is 43.7 Å². The van der Waals surface area contributed by atoms with Gasteiger partial charge >= 0.3 is 6.03 Å². The maximum absolute atomic E-state index is 13.0. The molecular formula is C27H33BrN4O2. The van der Waals surface area contributed by atoms with E-state index in [1.807, 2.05) is 35.0 Å². The number of hydrogen-bond donors (Lipinski definition) is 1. The molecular weight excluding hydrogens is 492 g/mol. The van der Waals surface area contributed by atoms with Gasteiger partial charge in [0.25, 0.3) is 5.91 Å². The van der Waals surface area contributed by atoms with Gasteiger partial charge < -0.3 is 20.0 Å². The van der Waals surface area contributed by atoms with E-state index in [4.69, 9.17) is 0 Å². The zero-order chi connectivity index (χ0) is 23.7. The molecule has 6 nitrogen and oxygen atoms in total. The summed E-state index contributed by atoms with van der Waals surface area (Å²) in [4.78, 5) is 31.7. The molecule has 180 valence electrons. The van der Waals surface area contributed by atoms with E-state index in [0.29, 0.717) is 6.04 Å². The largest absolute Gasteiger partial charge is 0.338 e. The second-order valence-electron chi connectivity index (χ2n) is 9.75. The van der Waals surface area contributed by atoms with Crippen LogP contribution >= 0.6 is 15.9 Å². The molecule has 0 spiro atoms. The number of likely N-dealkylation sites (N-methyl/N-ethyl adjacent to an activating group) is 1. The van der Waals surface area contributed by atoms with E-state index in [2.05, 4.69) is 56.5 Å². The van der Waals surface area contributed by atoms with Crippen molar-refractivity contribution in [3.8, 4) is 0 Å². The van der Waals surface area contributed by atoms with Crippen LogP contribution in [-0.2, 0) is 0 Å². The molecule has 5 rings (SSSR count). The number of urea groups is 1. The van der Waals surface area contributed by atoms with Crippen molar-refractivity contribution in [1.82, 2.24) is 20.0 Å². The van der Waals surface area contributed by atoms with Gasteiger partial charge in [-0.25, -0.2) is 4.79 Å². The molecule has 3 aliphatic heterocycles. The van der Waals surface area contributed by atoms with Crippen LogP contribution in [0, 0.1) is 0 Å². The number of carbonyl (C=O) groups excluding carboxylic acids is 2. The molecule has 2 unspecified atom stereocenters. The Balaban J connectivity index is 1.29. The summed E-state index contributed by atoms with van der Waals surface area (Å²) in [5.74, 6) is 0.333. The number of halogens is 1. The van der Waals surface area contributed by atoms with Gasteiger partial charge in [-0.3, -0.25) is 4.79 Å². The molecule has 2 atom stereocenters. The lowest BCUT2D eigenvalue weighted by atomic mass is 9.84. The number of likely N-dealkylation sites (tertiary alicyclic amines) is 1. The fourth-order valence-electron chi connectivity index (χ4n) is 5.95. The van der Waals surface area contributed by atoms with Crippen molar-refractivity contribution in [3.63, 3.8) is 0 Å². The van der Waals surface area contributed by atoms with Crippen LogP contribution in [-0.4, -0.2) is 72.5 Å². The summed E-state index contributed by atoms with van der Waals surface area (Å²) in [6, 6.07) is 17.1. The Morgan fingerprint density at radius 1 is 1.03 bits per heavy atom. The van der Waals surface area contributed by atoms with Crippen molar-refractivity contribution in [2.75, 3.05) is 39.8 Å². The molecule has 2 fully saturated rings. The average Bonchev–Trinajstić information content (AvgIpc) is 3.11. The lowest BCUT2D eigenvalue weighted by molar-refractivity contribution is 0.0740. The van der Waals surface area contributed by atoms with E-state index in [1.54, 1.807) is 0 Å². The standard InChI is InChI=1S/C27H33BrN4O2/c1-30-25(23-5-2-3-6-24(23)26(30)33)22(19-7-9-20(28)10-8-19)13-18-31-16-11-21(12-17-31)32-15-4-14-29-27(32)34/h2-3,5-10,21-22,25H,4,11-18H2,1H3,(H,29,34). The van der Waals surface area contributed by atoms with Gasteiger partial charge in [0, 0.05) is 55.2 Å². The summed E-state index contributed by atoms with van der Waals surface area (Å²) >= 11 is 3.56. The molecule has 34 heavy (non-hydrogen) atoms. The van der Waals surface area contributed by atoms with Crippen LogP contribution in [0.2, 0.25) is 0 Å². The molecule has 2 saturated heterocycles. The number of fused-ring (bicyclic) bond motifs is 1. The molecule has 0 radical (unpaired) electrons. The quantitative estimate of drug-likeness (QED) is 0.599. The van der Waals surface area contributed by atoms with Crippen LogP contribution in [0.25, 0.3) is 0 Å².